The number of rotatable bonds is 10. The average molecular weight is 533 g/mol. The zero-order valence-electron chi connectivity index (χ0n) is 24.0. The van der Waals surface area contributed by atoms with Gasteiger partial charge in [-0.3, -0.25) is 4.79 Å². The first-order valence-corrected chi connectivity index (χ1v) is 16.1. The van der Waals surface area contributed by atoms with Gasteiger partial charge in [0.25, 0.3) is 8.32 Å². The summed E-state index contributed by atoms with van der Waals surface area (Å²) < 4.78 is 6.90. The van der Waals surface area contributed by atoms with E-state index in [9.17, 15) is 4.79 Å². The van der Waals surface area contributed by atoms with Gasteiger partial charge >= 0.3 is 0 Å². The minimum absolute atomic E-state index is 0.549. The molecule has 0 aliphatic heterocycles. The average Bonchev–Trinajstić information content (AvgIpc) is 2.93. The van der Waals surface area contributed by atoms with Crippen molar-refractivity contribution in [2.75, 3.05) is 0 Å². The Morgan fingerprint density at radius 2 is 0.897 bits per heavy atom. The SMILES string of the molecule is CC(C)[Si](Oc1ccc2cc(/C=C/c3ccc(/C=C\c4ccc(C=O)cc4)cc3)ccc2c1)(C(C)C)C(C)C. The Labute approximate surface area is 235 Å². The summed E-state index contributed by atoms with van der Waals surface area (Å²) in [7, 11) is -1.97. The zero-order valence-corrected chi connectivity index (χ0v) is 25.0. The molecule has 0 unspecified atom stereocenters. The van der Waals surface area contributed by atoms with Gasteiger partial charge < -0.3 is 4.43 Å². The molecule has 4 aromatic rings. The van der Waals surface area contributed by atoms with Gasteiger partial charge in [0.15, 0.2) is 0 Å². The van der Waals surface area contributed by atoms with Gasteiger partial charge in [-0.1, -0.05) is 133 Å². The fourth-order valence-corrected chi connectivity index (χ4v) is 11.0. The van der Waals surface area contributed by atoms with Crippen molar-refractivity contribution in [1.29, 1.82) is 0 Å². The van der Waals surface area contributed by atoms with Crippen LogP contribution in [0.4, 0.5) is 0 Å². The molecule has 0 aliphatic carbocycles. The minimum atomic E-state index is -1.97. The Balaban J connectivity index is 1.45. The first kappa shape index (κ1) is 28.3. The topological polar surface area (TPSA) is 26.3 Å². The van der Waals surface area contributed by atoms with E-state index < -0.39 is 8.32 Å². The molecular weight excluding hydrogens is 492 g/mol. The van der Waals surface area contributed by atoms with Gasteiger partial charge in [0, 0.05) is 5.56 Å². The lowest BCUT2D eigenvalue weighted by Crippen LogP contribution is -2.50. The third-order valence-corrected chi connectivity index (χ3v) is 13.8. The van der Waals surface area contributed by atoms with Crippen LogP contribution in [0.15, 0.2) is 84.9 Å². The monoisotopic (exact) mass is 532 g/mol. The fourth-order valence-electron chi connectivity index (χ4n) is 5.76. The van der Waals surface area contributed by atoms with Gasteiger partial charge in [-0.25, -0.2) is 0 Å². The summed E-state index contributed by atoms with van der Waals surface area (Å²) in [5.74, 6) is 1.00. The van der Waals surface area contributed by atoms with Crippen LogP contribution in [-0.4, -0.2) is 14.6 Å². The molecule has 0 fully saturated rings. The predicted octanol–water partition coefficient (Wildman–Crippen LogP) is 10.5. The maximum Gasteiger partial charge on any atom is 0.258 e. The second kappa shape index (κ2) is 12.4. The third-order valence-electron chi connectivity index (χ3n) is 7.78. The summed E-state index contributed by atoms with van der Waals surface area (Å²) in [5.41, 5.74) is 6.87. The van der Waals surface area contributed by atoms with Gasteiger partial charge in [0.1, 0.15) is 12.0 Å². The van der Waals surface area contributed by atoms with E-state index in [0.29, 0.717) is 22.2 Å². The molecule has 0 aromatic heterocycles. The molecule has 0 saturated heterocycles. The standard InChI is InChI=1S/C36H40O2Si/c1-26(2)39(27(3)4,28(5)6)38-36-22-21-34-23-32(19-20-35(34)24-36)16-13-30-10-7-29(8-11-30)9-12-31-14-17-33(25-37)18-15-31/h7-28H,1-6H3/b12-9-,16-13+. The van der Waals surface area contributed by atoms with Crippen molar-refractivity contribution in [3.8, 4) is 5.75 Å². The normalized spacial score (nSPS) is 12.4. The zero-order chi connectivity index (χ0) is 28.0. The van der Waals surface area contributed by atoms with Crippen molar-refractivity contribution < 1.29 is 9.22 Å². The summed E-state index contributed by atoms with van der Waals surface area (Å²) in [6.07, 6.45) is 9.32. The van der Waals surface area contributed by atoms with Crippen LogP contribution in [0.1, 0.15) is 74.2 Å². The summed E-state index contributed by atoms with van der Waals surface area (Å²) in [5, 5.41) is 2.43. The van der Waals surface area contributed by atoms with Crippen molar-refractivity contribution in [2.24, 2.45) is 0 Å². The van der Waals surface area contributed by atoms with Crippen LogP contribution in [0, 0.1) is 0 Å². The number of fused-ring (bicyclic) bond motifs is 1. The largest absolute Gasteiger partial charge is 0.543 e. The van der Waals surface area contributed by atoms with Gasteiger partial charge in [0.05, 0.1) is 0 Å². The highest BCUT2D eigenvalue weighted by Crippen LogP contribution is 2.43. The Kier molecular flexibility index (Phi) is 9.03. The highest BCUT2D eigenvalue weighted by Gasteiger charge is 2.46. The molecule has 4 aromatic carbocycles. The summed E-state index contributed by atoms with van der Waals surface area (Å²) in [6, 6.07) is 29.2. The Hall–Kier alpha value is -3.69. The van der Waals surface area contributed by atoms with Crippen LogP contribution in [0.25, 0.3) is 35.1 Å². The second-order valence-electron chi connectivity index (χ2n) is 11.3. The van der Waals surface area contributed by atoms with Gasteiger partial charge in [-0.05, 0) is 67.8 Å². The molecule has 200 valence electrons. The molecular formula is C36H40O2Si. The molecule has 0 spiro atoms. The van der Waals surface area contributed by atoms with Crippen LogP contribution in [0.2, 0.25) is 16.6 Å². The smallest absolute Gasteiger partial charge is 0.258 e. The van der Waals surface area contributed by atoms with Crippen LogP contribution in [0.5, 0.6) is 5.75 Å². The lowest BCUT2D eigenvalue weighted by Gasteiger charge is -2.42. The van der Waals surface area contributed by atoms with E-state index in [2.05, 4.69) is 127 Å². The van der Waals surface area contributed by atoms with Crippen molar-refractivity contribution in [2.45, 2.75) is 58.2 Å². The van der Waals surface area contributed by atoms with Gasteiger partial charge in [0.2, 0.25) is 0 Å². The van der Waals surface area contributed by atoms with Crippen molar-refractivity contribution in [3.05, 3.63) is 113 Å². The number of hydrogen-bond donors (Lipinski definition) is 0. The molecule has 39 heavy (non-hydrogen) atoms. The fraction of sp³-hybridized carbons (Fsp3) is 0.250. The van der Waals surface area contributed by atoms with E-state index >= 15 is 0 Å². The summed E-state index contributed by atoms with van der Waals surface area (Å²) in [4.78, 5) is 10.8. The lowest BCUT2D eigenvalue weighted by atomic mass is 10.0. The van der Waals surface area contributed by atoms with Crippen molar-refractivity contribution in [1.82, 2.24) is 0 Å². The highest BCUT2D eigenvalue weighted by molar-refractivity contribution is 6.78. The molecule has 0 N–H and O–H groups in total. The molecule has 0 bridgehead atoms. The van der Waals surface area contributed by atoms with E-state index in [0.717, 1.165) is 28.7 Å². The van der Waals surface area contributed by atoms with Crippen LogP contribution >= 0.6 is 0 Å². The molecule has 0 amide bonds. The summed E-state index contributed by atoms with van der Waals surface area (Å²) in [6.45, 7) is 14.0. The minimum Gasteiger partial charge on any atom is -0.543 e. The number of aldehydes is 1. The van der Waals surface area contributed by atoms with Crippen LogP contribution < -0.4 is 4.43 Å². The summed E-state index contributed by atoms with van der Waals surface area (Å²) >= 11 is 0. The molecule has 4 rings (SSSR count). The van der Waals surface area contributed by atoms with E-state index in [1.807, 2.05) is 24.3 Å². The first-order chi connectivity index (χ1) is 18.7. The van der Waals surface area contributed by atoms with E-state index in [4.69, 9.17) is 4.43 Å². The molecule has 0 aliphatic rings. The second-order valence-corrected chi connectivity index (χ2v) is 16.7. The number of carbonyl (C=O) groups excluding carboxylic acids is 1. The highest BCUT2D eigenvalue weighted by atomic mass is 28.4. The Morgan fingerprint density at radius 1 is 0.513 bits per heavy atom. The molecule has 2 nitrogen and oxygen atoms in total. The molecule has 0 radical (unpaired) electrons. The van der Waals surface area contributed by atoms with E-state index in [1.165, 1.54) is 16.3 Å². The van der Waals surface area contributed by atoms with Gasteiger partial charge in [-0.2, -0.15) is 0 Å². The molecule has 3 heteroatoms. The molecule has 0 atom stereocenters. The first-order valence-electron chi connectivity index (χ1n) is 14.0. The number of benzene rings is 4. The van der Waals surface area contributed by atoms with Gasteiger partial charge in [-0.15, -0.1) is 0 Å². The Bertz CT molecular complexity index is 1440. The molecule has 0 saturated carbocycles. The van der Waals surface area contributed by atoms with Crippen LogP contribution in [-0.2, 0) is 0 Å². The van der Waals surface area contributed by atoms with Crippen molar-refractivity contribution in [3.63, 3.8) is 0 Å². The Morgan fingerprint density at radius 3 is 1.36 bits per heavy atom. The van der Waals surface area contributed by atoms with Crippen molar-refractivity contribution >= 4 is 49.7 Å². The maximum absolute atomic E-state index is 10.8. The van der Waals surface area contributed by atoms with Crippen LogP contribution in [0.3, 0.4) is 0 Å². The van der Waals surface area contributed by atoms with E-state index in [1.54, 1.807) is 0 Å². The molecule has 0 heterocycles. The predicted molar refractivity (Wildman–Crippen MR) is 172 cm³/mol. The number of carbonyl (C=O) groups is 1. The van der Waals surface area contributed by atoms with E-state index in [-0.39, 0.29) is 0 Å². The third kappa shape index (κ3) is 6.66. The maximum atomic E-state index is 10.8. The lowest BCUT2D eigenvalue weighted by molar-refractivity contribution is 0.112. The number of hydrogen-bond acceptors (Lipinski definition) is 2. The quantitative estimate of drug-likeness (QED) is 0.115.